The van der Waals surface area contributed by atoms with Crippen molar-refractivity contribution in [2.45, 2.75) is 52.6 Å². The maximum absolute atomic E-state index is 5.98. The van der Waals surface area contributed by atoms with Crippen LogP contribution >= 0.6 is 0 Å². The maximum Gasteiger partial charge on any atom is 0.0513 e. The van der Waals surface area contributed by atoms with Gasteiger partial charge >= 0.3 is 0 Å². The van der Waals surface area contributed by atoms with E-state index in [2.05, 4.69) is 55.8 Å². The summed E-state index contributed by atoms with van der Waals surface area (Å²) in [6.45, 7) is 7.75. The molecule has 19 heavy (non-hydrogen) atoms. The molecule has 0 radical (unpaired) electrons. The Labute approximate surface area is 116 Å². The summed E-state index contributed by atoms with van der Waals surface area (Å²) in [7, 11) is 0. The van der Waals surface area contributed by atoms with Crippen LogP contribution in [-0.2, 0) is 13.0 Å². The van der Waals surface area contributed by atoms with E-state index in [-0.39, 0.29) is 6.04 Å². The van der Waals surface area contributed by atoms with E-state index >= 15 is 0 Å². The zero-order valence-electron chi connectivity index (χ0n) is 12.4. The standard InChI is InChI=1S/C17H26N2/c1-4-14(5-2)12-19-10-9-15-7-6-8-16(17(15)19)11-13(3)18/h6-10,13-14H,4-5,11-12,18H2,1-3H3. The Morgan fingerprint density at radius 1 is 1.16 bits per heavy atom. The fraction of sp³-hybridized carbons (Fsp3) is 0.529. The van der Waals surface area contributed by atoms with E-state index in [4.69, 9.17) is 5.73 Å². The molecule has 0 amide bonds. The molecule has 104 valence electrons. The summed E-state index contributed by atoms with van der Waals surface area (Å²) in [5, 5.41) is 1.34. The molecule has 2 rings (SSSR count). The molecule has 2 N–H and O–H groups in total. The molecule has 2 nitrogen and oxygen atoms in total. The van der Waals surface area contributed by atoms with Crippen molar-refractivity contribution in [3.05, 3.63) is 36.0 Å². The first-order valence-corrected chi connectivity index (χ1v) is 7.48. The normalized spacial score (nSPS) is 13.3. The van der Waals surface area contributed by atoms with Crippen LogP contribution in [0.4, 0.5) is 0 Å². The van der Waals surface area contributed by atoms with Crippen LogP contribution < -0.4 is 5.73 Å². The zero-order valence-corrected chi connectivity index (χ0v) is 12.4. The highest BCUT2D eigenvalue weighted by Gasteiger charge is 2.11. The van der Waals surface area contributed by atoms with Gasteiger partial charge in [0.05, 0.1) is 5.52 Å². The average Bonchev–Trinajstić information content (AvgIpc) is 2.79. The first-order valence-electron chi connectivity index (χ1n) is 7.48. The second kappa shape index (κ2) is 6.25. The minimum atomic E-state index is 0.210. The zero-order chi connectivity index (χ0) is 13.8. The number of hydrogen-bond donors (Lipinski definition) is 1. The summed E-state index contributed by atoms with van der Waals surface area (Å²) in [6.07, 6.45) is 5.66. The van der Waals surface area contributed by atoms with Gasteiger partial charge in [-0.15, -0.1) is 0 Å². The molecule has 2 aromatic rings. The molecule has 0 spiro atoms. The van der Waals surface area contributed by atoms with Crippen LogP contribution in [0.3, 0.4) is 0 Å². The summed E-state index contributed by atoms with van der Waals surface area (Å²) >= 11 is 0. The third kappa shape index (κ3) is 3.19. The van der Waals surface area contributed by atoms with Gasteiger partial charge in [0, 0.05) is 18.8 Å². The van der Waals surface area contributed by atoms with Crippen molar-refractivity contribution in [3.63, 3.8) is 0 Å². The van der Waals surface area contributed by atoms with Crippen LogP contribution in [0.1, 0.15) is 39.2 Å². The van der Waals surface area contributed by atoms with E-state index in [0.717, 1.165) is 18.9 Å². The van der Waals surface area contributed by atoms with Crippen molar-refractivity contribution < 1.29 is 0 Å². The first-order chi connectivity index (χ1) is 9.15. The van der Waals surface area contributed by atoms with Crippen LogP contribution in [0, 0.1) is 5.92 Å². The molecule has 0 saturated carbocycles. The fourth-order valence-electron chi connectivity index (χ4n) is 2.83. The molecular formula is C17H26N2. The number of benzene rings is 1. The highest BCUT2D eigenvalue weighted by atomic mass is 15.0. The summed E-state index contributed by atoms with van der Waals surface area (Å²) in [6, 6.07) is 8.99. The van der Waals surface area contributed by atoms with Crippen LogP contribution in [0.15, 0.2) is 30.5 Å². The Kier molecular flexibility index (Phi) is 4.65. The minimum absolute atomic E-state index is 0.210. The largest absolute Gasteiger partial charge is 0.347 e. The Morgan fingerprint density at radius 2 is 1.89 bits per heavy atom. The quantitative estimate of drug-likeness (QED) is 0.835. The number of hydrogen-bond acceptors (Lipinski definition) is 1. The third-order valence-corrected chi connectivity index (χ3v) is 4.02. The van der Waals surface area contributed by atoms with Gasteiger partial charge in [0.15, 0.2) is 0 Å². The lowest BCUT2D eigenvalue weighted by atomic mass is 10.0. The van der Waals surface area contributed by atoms with Gasteiger partial charge in [-0.05, 0) is 36.3 Å². The van der Waals surface area contributed by atoms with Gasteiger partial charge in [0.25, 0.3) is 0 Å². The monoisotopic (exact) mass is 258 g/mol. The molecule has 1 unspecified atom stereocenters. The molecule has 0 aliphatic carbocycles. The summed E-state index contributed by atoms with van der Waals surface area (Å²) in [4.78, 5) is 0. The van der Waals surface area contributed by atoms with E-state index in [1.165, 1.54) is 29.3 Å². The summed E-state index contributed by atoms with van der Waals surface area (Å²) < 4.78 is 2.42. The minimum Gasteiger partial charge on any atom is -0.347 e. The van der Waals surface area contributed by atoms with E-state index in [1.807, 2.05) is 0 Å². The molecule has 0 bridgehead atoms. The predicted molar refractivity (Wildman–Crippen MR) is 83.4 cm³/mol. The number of nitrogens with two attached hydrogens (primary N) is 1. The predicted octanol–water partition coefficient (Wildman–Crippen LogP) is 3.97. The van der Waals surface area contributed by atoms with Crippen LogP contribution in [0.25, 0.3) is 10.9 Å². The van der Waals surface area contributed by atoms with Gasteiger partial charge in [-0.25, -0.2) is 0 Å². The molecule has 0 aliphatic heterocycles. The van der Waals surface area contributed by atoms with Gasteiger partial charge in [0.2, 0.25) is 0 Å². The Bertz CT molecular complexity index is 521. The molecule has 0 aliphatic rings. The molecule has 1 aromatic heterocycles. The van der Waals surface area contributed by atoms with Crippen molar-refractivity contribution in [2.75, 3.05) is 0 Å². The highest BCUT2D eigenvalue weighted by molar-refractivity contribution is 5.83. The van der Waals surface area contributed by atoms with E-state index in [9.17, 15) is 0 Å². The lowest BCUT2D eigenvalue weighted by molar-refractivity contribution is 0.425. The molecule has 0 saturated heterocycles. The van der Waals surface area contributed by atoms with E-state index < -0.39 is 0 Å². The van der Waals surface area contributed by atoms with Crippen molar-refractivity contribution in [2.24, 2.45) is 11.7 Å². The van der Waals surface area contributed by atoms with Crippen molar-refractivity contribution in [1.29, 1.82) is 0 Å². The number of nitrogens with zero attached hydrogens (tertiary/aromatic N) is 1. The molecule has 1 heterocycles. The third-order valence-electron chi connectivity index (χ3n) is 4.02. The second-order valence-corrected chi connectivity index (χ2v) is 5.69. The van der Waals surface area contributed by atoms with Gasteiger partial charge in [-0.1, -0.05) is 44.9 Å². The fourth-order valence-corrected chi connectivity index (χ4v) is 2.83. The number of para-hydroxylation sites is 1. The van der Waals surface area contributed by atoms with E-state index in [0.29, 0.717) is 0 Å². The van der Waals surface area contributed by atoms with Crippen LogP contribution in [0.2, 0.25) is 0 Å². The topological polar surface area (TPSA) is 30.9 Å². The second-order valence-electron chi connectivity index (χ2n) is 5.69. The Balaban J connectivity index is 2.38. The Morgan fingerprint density at radius 3 is 2.53 bits per heavy atom. The van der Waals surface area contributed by atoms with Crippen LogP contribution in [-0.4, -0.2) is 10.6 Å². The van der Waals surface area contributed by atoms with Crippen molar-refractivity contribution >= 4 is 10.9 Å². The van der Waals surface area contributed by atoms with Gasteiger partial charge in [-0.3, -0.25) is 0 Å². The molecule has 2 heteroatoms. The lowest BCUT2D eigenvalue weighted by Gasteiger charge is -2.16. The Hall–Kier alpha value is -1.28. The smallest absolute Gasteiger partial charge is 0.0513 e. The van der Waals surface area contributed by atoms with Crippen molar-refractivity contribution in [3.8, 4) is 0 Å². The SMILES string of the molecule is CCC(CC)Cn1ccc2cccc(CC(C)N)c21. The lowest BCUT2D eigenvalue weighted by Crippen LogP contribution is -2.18. The number of aromatic nitrogens is 1. The van der Waals surface area contributed by atoms with Gasteiger partial charge in [0.1, 0.15) is 0 Å². The summed E-state index contributed by atoms with van der Waals surface area (Å²) in [5.74, 6) is 0.763. The van der Waals surface area contributed by atoms with Gasteiger partial charge < -0.3 is 10.3 Å². The molecule has 0 fully saturated rings. The first kappa shape index (κ1) is 14.1. The molecule has 1 aromatic carbocycles. The maximum atomic E-state index is 5.98. The highest BCUT2D eigenvalue weighted by Crippen LogP contribution is 2.23. The van der Waals surface area contributed by atoms with E-state index in [1.54, 1.807) is 0 Å². The van der Waals surface area contributed by atoms with Gasteiger partial charge in [-0.2, -0.15) is 0 Å². The molecular weight excluding hydrogens is 232 g/mol. The summed E-state index contributed by atoms with van der Waals surface area (Å²) in [5.41, 5.74) is 8.74. The number of fused-ring (bicyclic) bond motifs is 1. The molecule has 1 atom stereocenters. The van der Waals surface area contributed by atoms with Crippen molar-refractivity contribution in [1.82, 2.24) is 4.57 Å². The average molecular weight is 258 g/mol. The van der Waals surface area contributed by atoms with Crippen LogP contribution in [0.5, 0.6) is 0 Å². The number of rotatable bonds is 6.